The second kappa shape index (κ2) is 4.74. The maximum Gasteiger partial charge on any atom is 0.393 e. The van der Waals surface area contributed by atoms with Gasteiger partial charge in [0.05, 0.1) is 11.5 Å². The van der Waals surface area contributed by atoms with Crippen LogP contribution in [0.3, 0.4) is 0 Å². The van der Waals surface area contributed by atoms with Gasteiger partial charge < -0.3 is 5.32 Å². The lowest BCUT2D eigenvalue weighted by Gasteiger charge is -2.05. The second-order valence-corrected chi connectivity index (χ2v) is 4.17. The Morgan fingerprint density at radius 3 is 2.87 bits per heavy atom. The van der Waals surface area contributed by atoms with Gasteiger partial charge in [0.15, 0.2) is 0 Å². The van der Waals surface area contributed by atoms with E-state index in [-0.39, 0.29) is 0 Å². The average Bonchev–Trinajstić information content (AvgIpc) is 2.49. The van der Waals surface area contributed by atoms with Crippen molar-refractivity contribution in [2.45, 2.75) is 19.0 Å². The van der Waals surface area contributed by atoms with Crippen LogP contribution < -0.4 is 5.32 Å². The maximum atomic E-state index is 12.0. The highest BCUT2D eigenvalue weighted by Crippen LogP contribution is 2.36. The summed E-state index contributed by atoms with van der Waals surface area (Å²) in [6, 6.07) is 0. The summed E-state index contributed by atoms with van der Waals surface area (Å²) in [4.78, 5) is 4.34. The molecule has 2 nitrogen and oxygen atoms in total. The third-order valence-electron chi connectivity index (χ3n) is 1.68. The van der Waals surface area contributed by atoms with E-state index in [1.165, 1.54) is 0 Å². The Bertz CT molecular complexity index is 318. The van der Waals surface area contributed by atoms with E-state index in [1.54, 1.807) is 13.1 Å². The molecule has 1 N–H and O–H groups in total. The molecule has 0 fully saturated rings. The van der Waals surface area contributed by atoms with Gasteiger partial charge in [-0.1, -0.05) is 24.4 Å². The van der Waals surface area contributed by atoms with Crippen LogP contribution in [0.5, 0.6) is 0 Å². The Balaban J connectivity index is 2.51. The van der Waals surface area contributed by atoms with E-state index in [0.29, 0.717) is 22.2 Å². The van der Waals surface area contributed by atoms with Gasteiger partial charge in [-0.25, -0.2) is 4.99 Å². The van der Waals surface area contributed by atoms with Gasteiger partial charge in [-0.15, -0.1) is 0 Å². The van der Waals surface area contributed by atoms with Crippen LogP contribution in [0.2, 0.25) is 0 Å². The van der Waals surface area contributed by atoms with Gasteiger partial charge >= 0.3 is 6.18 Å². The van der Waals surface area contributed by atoms with Crippen LogP contribution in [0.15, 0.2) is 28.4 Å². The Hall–Kier alpha value is -0.910. The van der Waals surface area contributed by atoms with E-state index in [1.807, 2.05) is 0 Å². The number of alkyl halides is 3. The number of halogens is 3. The zero-order valence-electron chi connectivity index (χ0n) is 8.19. The molecule has 0 bridgehead atoms. The van der Waals surface area contributed by atoms with Crippen LogP contribution >= 0.6 is 11.8 Å². The zero-order valence-corrected chi connectivity index (χ0v) is 9.00. The highest BCUT2D eigenvalue weighted by Gasteiger charge is 2.31. The van der Waals surface area contributed by atoms with Gasteiger partial charge in [-0.2, -0.15) is 13.2 Å². The van der Waals surface area contributed by atoms with Crippen molar-refractivity contribution in [1.82, 2.24) is 5.32 Å². The summed E-state index contributed by atoms with van der Waals surface area (Å²) in [6.07, 6.45) is -3.01. The highest BCUT2D eigenvalue weighted by molar-refractivity contribution is 8.17. The molecule has 15 heavy (non-hydrogen) atoms. The number of thioether (sulfide) groups is 1. The SMILES string of the molecule is C=C(/N=C1\CC=C(CC(F)(F)F)S1)NC. The zero-order chi connectivity index (χ0) is 11.5. The molecule has 0 saturated heterocycles. The predicted octanol–water partition coefficient (Wildman–Crippen LogP) is 3.05. The van der Waals surface area contributed by atoms with E-state index >= 15 is 0 Å². The molecule has 0 radical (unpaired) electrons. The Morgan fingerprint density at radius 2 is 2.33 bits per heavy atom. The second-order valence-electron chi connectivity index (χ2n) is 2.97. The van der Waals surface area contributed by atoms with Gasteiger partial charge in [0.2, 0.25) is 0 Å². The topological polar surface area (TPSA) is 24.4 Å². The first-order chi connectivity index (χ1) is 6.90. The number of hydrogen-bond acceptors (Lipinski definition) is 3. The smallest absolute Gasteiger partial charge is 0.374 e. The largest absolute Gasteiger partial charge is 0.393 e. The summed E-state index contributed by atoms with van der Waals surface area (Å²) >= 11 is 1.07. The number of nitrogens with one attached hydrogen (secondary N) is 1. The fourth-order valence-electron chi connectivity index (χ4n) is 1.02. The van der Waals surface area contributed by atoms with Crippen LogP contribution in [0, 0.1) is 0 Å². The monoisotopic (exact) mass is 236 g/mol. The summed E-state index contributed by atoms with van der Waals surface area (Å²) in [5.74, 6) is 0.458. The molecule has 0 atom stereocenters. The predicted molar refractivity (Wildman–Crippen MR) is 56.6 cm³/mol. The maximum absolute atomic E-state index is 12.0. The molecular weight excluding hydrogens is 225 g/mol. The van der Waals surface area contributed by atoms with Crippen molar-refractivity contribution in [2.24, 2.45) is 4.99 Å². The molecule has 1 aliphatic heterocycles. The number of rotatable bonds is 3. The molecule has 0 aromatic rings. The first-order valence-electron chi connectivity index (χ1n) is 4.28. The van der Waals surface area contributed by atoms with Crippen LogP contribution in [-0.4, -0.2) is 18.3 Å². The molecule has 1 heterocycles. The number of nitrogens with zero attached hydrogens (tertiary/aromatic N) is 1. The third-order valence-corrected chi connectivity index (χ3v) is 2.74. The summed E-state index contributed by atoms with van der Waals surface area (Å²) in [5, 5.41) is 3.36. The standard InChI is InChI=1S/C9H11F3N2S/c1-6(13-2)14-8-4-3-7(15-8)5-9(10,11)12/h3,13H,1,4-5H2,2H3/b14-8+. The quantitative estimate of drug-likeness (QED) is 0.814. The molecule has 6 heteroatoms. The van der Waals surface area contributed by atoms with Crippen LogP contribution in [0.1, 0.15) is 12.8 Å². The van der Waals surface area contributed by atoms with E-state index in [9.17, 15) is 13.2 Å². The minimum atomic E-state index is -4.14. The van der Waals surface area contributed by atoms with Crippen molar-refractivity contribution in [3.63, 3.8) is 0 Å². The molecule has 0 aromatic carbocycles. The van der Waals surface area contributed by atoms with E-state index in [0.717, 1.165) is 11.8 Å². The van der Waals surface area contributed by atoms with Crippen molar-refractivity contribution >= 4 is 16.8 Å². The van der Waals surface area contributed by atoms with Gasteiger partial charge in [0.25, 0.3) is 0 Å². The fourth-order valence-corrected chi connectivity index (χ4v) is 2.04. The summed E-state index contributed by atoms with van der Waals surface area (Å²) in [6.45, 7) is 3.58. The van der Waals surface area contributed by atoms with Gasteiger partial charge in [0, 0.05) is 13.5 Å². The number of hydrogen-bond donors (Lipinski definition) is 1. The summed E-state index contributed by atoms with van der Waals surface area (Å²) in [7, 11) is 1.66. The summed E-state index contributed by atoms with van der Waals surface area (Å²) in [5.41, 5.74) is 0. The molecule has 0 spiro atoms. The van der Waals surface area contributed by atoms with Crippen molar-refractivity contribution in [3.05, 3.63) is 23.4 Å². The molecule has 0 amide bonds. The lowest BCUT2D eigenvalue weighted by Crippen LogP contribution is -2.06. The minimum Gasteiger partial charge on any atom is -0.374 e. The Labute approximate surface area is 90.3 Å². The first-order valence-corrected chi connectivity index (χ1v) is 5.10. The van der Waals surface area contributed by atoms with E-state index in [4.69, 9.17) is 0 Å². The number of allylic oxidation sites excluding steroid dienone is 2. The van der Waals surface area contributed by atoms with E-state index < -0.39 is 12.6 Å². The lowest BCUT2D eigenvalue weighted by molar-refractivity contribution is -0.125. The molecule has 1 aliphatic rings. The van der Waals surface area contributed by atoms with Gasteiger partial charge in [0.1, 0.15) is 5.82 Å². The molecule has 0 aliphatic carbocycles. The van der Waals surface area contributed by atoms with Gasteiger partial charge in [-0.05, 0) is 4.91 Å². The van der Waals surface area contributed by atoms with Crippen LogP contribution in [-0.2, 0) is 0 Å². The van der Waals surface area contributed by atoms with Crippen molar-refractivity contribution in [2.75, 3.05) is 7.05 Å². The third kappa shape index (κ3) is 4.42. The summed E-state index contributed by atoms with van der Waals surface area (Å²) < 4.78 is 36.1. The van der Waals surface area contributed by atoms with Crippen LogP contribution in [0.4, 0.5) is 13.2 Å². The van der Waals surface area contributed by atoms with Crippen molar-refractivity contribution in [3.8, 4) is 0 Å². The van der Waals surface area contributed by atoms with Crippen LogP contribution in [0.25, 0.3) is 0 Å². The average molecular weight is 236 g/mol. The lowest BCUT2D eigenvalue weighted by atomic mass is 10.3. The molecule has 0 saturated carbocycles. The minimum absolute atomic E-state index is 0.310. The Morgan fingerprint density at radius 1 is 1.67 bits per heavy atom. The highest BCUT2D eigenvalue weighted by atomic mass is 32.2. The van der Waals surface area contributed by atoms with Gasteiger partial charge in [-0.3, -0.25) is 0 Å². The molecular formula is C9H11F3N2S. The fraction of sp³-hybridized carbons (Fsp3) is 0.444. The number of aliphatic imine (C=N–C) groups is 1. The molecule has 1 rings (SSSR count). The van der Waals surface area contributed by atoms with E-state index in [2.05, 4.69) is 16.9 Å². The first kappa shape index (κ1) is 12.2. The van der Waals surface area contributed by atoms with Crippen molar-refractivity contribution in [1.29, 1.82) is 0 Å². The Kier molecular flexibility index (Phi) is 3.84. The molecule has 84 valence electrons. The van der Waals surface area contributed by atoms with Crippen molar-refractivity contribution < 1.29 is 13.2 Å². The molecule has 0 unspecified atom stereocenters. The normalized spacial score (nSPS) is 19.2. The molecule has 0 aromatic heterocycles.